The minimum atomic E-state index is -0.180. The van der Waals surface area contributed by atoms with Crippen LogP contribution in [-0.2, 0) is 6.42 Å². The SMILES string of the molecule is CCc1ccccc1NC(=O)c1c(C)oc2ncnc(N3CCCCC3)c12. The Kier molecular flexibility index (Phi) is 4.79. The van der Waals surface area contributed by atoms with Gasteiger partial charge in [-0.25, -0.2) is 9.97 Å². The van der Waals surface area contributed by atoms with Gasteiger partial charge in [-0.15, -0.1) is 0 Å². The number of fused-ring (bicyclic) bond motifs is 1. The minimum Gasteiger partial charge on any atom is -0.442 e. The molecular formula is C21H24N4O2. The third-order valence-electron chi connectivity index (χ3n) is 5.17. The molecular weight excluding hydrogens is 340 g/mol. The third-order valence-corrected chi connectivity index (χ3v) is 5.17. The Morgan fingerprint density at radius 2 is 1.96 bits per heavy atom. The monoisotopic (exact) mass is 364 g/mol. The number of amides is 1. The van der Waals surface area contributed by atoms with E-state index in [-0.39, 0.29) is 5.91 Å². The molecule has 4 rings (SSSR count). The predicted molar refractivity (Wildman–Crippen MR) is 106 cm³/mol. The van der Waals surface area contributed by atoms with Crippen LogP contribution in [0, 0.1) is 6.92 Å². The van der Waals surface area contributed by atoms with E-state index >= 15 is 0 Å². The van der Waals surface area contributed by atoms with E-state index in [2.05, 4.69) is 27.1 Å². The van der Waals surface area contributed by atoms with Gasteiger partial charge >= 0.3 is 0 Å². The molecule has 1 amide bonds. The first-order valence-corrected chi connectivity index (χ1v) is 9.57. The van der Waals surface area contributed by atoms with Crippen LogP contribution in [0.25, 0.3) is 11.1 Å². The molecule has 6 heteroatoms. The highest BCUT2D eigenvalue weighted by atomic mass is 16.3. The largest absolute Gasteiger partial charge is 0.442 e. The average molecular weight is 364 g/mol. The fourth-order valence-corrected chi connectivity index (χ4v) is 3.78. The Labute approximate surface area is 158 Å². The smallest absolute Gasteiger partial charge is 0.260 e. The summed E-state index contributed by atoms with van der Waals surface area (Å²) in [5.41, 5.74) is 2.92. The van der Waals surface area contributed by atoms with Crippen molar-refractivity contribution in [2.75, 3.05) is 23.3 Å². The Balaban J connectivity index is 1.76. The Bertz CT molecular complexity index is 973. The van der Waals surface area contributed by atoms with Crippen molar-refractivity contribution in [3.8, 4) is 0 Å². The zero-order valence-corrected chi connectivity index (χ0v) is 15.8. The number of hydrogen-bond acceptors (Lipinski definition) is 5. The van der Waals surface area contributed by atoms with Crippen molar-refractivity contribution in [1.29, 1.82) is 0 Å². The number of carbonyl (C=O) groups is 1. The number of nitrogens with zero attached hydrogens (tertiary/aromatic N) is 3. The summed E-state index contributed by atoms with van der Waals surface area (Å²) in [5, 5.41) is 3.77. The molecule has 0 aliphatic carbocycles. The molecule has 6 nitrogen and oxygen atoms in total. The van der Waals surface area contributed by atoms with Crippen LogP contribution in [0.4, 0.5) is 11.5 Å². The summed E-state index contributed by atoms with van der Waals surface area (Å²) in [6.07, 6.45) is 5.87. The summed E-state index contributed by atoms with van der Waals surface area (Å²) in [6, 6.07) is 7.86. The lowest BCUT2D eigenvalue weighted by atomic mass is 10.1. The summed E-state index contributed by atoms with van der Waals surface area (Å²) in [4.78, 5) is 24.2. The number of piperidine rings is 1. The van der Waals surface area contributed by atoms with Gasteiger partial charge in [0.2, 0.25) is 5.71 Å². The maximum absolute atomic E-state index is 13.2. The number of benzene rings is 1. The highest BCUT2D eigenvalue weighted by Crippen LogP contribution is 2.33. The van der Waals surface area contributed by atoms with Crippen LogP contribution < -0.4 is 10.2 Å². The number of hydrogen-bond donors (Lipinski definition) is 1. The molecule has 27 heavy (non-hydrogen) atoms. The first-order valence-electron chi connectivity index (χ1n) is 9.57. The van der Waals surface area contributed by atoms with E-state index in [0.29, 0.717) is 22.4 Å². The molecule has 1 fully saturated rings. The average Bonchev–Trinajstić information content (AvgIpc) is 3.05. The number of furan rings is 1. The van der Waals surface area contributed by atoms with Crippen LogP contribution in [0.3, 0.4) is 0 Å². The van der Waals surface area contributed by atoms with Gasteiger partial charge in [-0.1, -0.05) is 25.1 Å². The van der Waals surface area contributed by atoms with Crippen molar-refractivity contribution in [2.24, 2.45) is 0 Å². The van der Waals surface area contributed by atoms with Gasteiger partial charge in [0.1, 0.15) is 17.9 Å². The predicted octanol–water partition coefficient (Wildman–Crippen LogP) is 4.34. The van der Waals surface area contributed by atoms with Crippen LogP contribution in [0.15, 0.2) is 35.0 Å². The maximum Gasteiger partial charge on any atom is 0.260 e. The topological polar surface area (TPSA) is 71.3 Å². The van der Waals surface area contributed by atoms with Gasteiger partial charge in [0.25, 0.3) is 5.91 Å². The molecule has 140 valence electrons. The first kappa shape index (κ1) is 17.5. The molecule has 0 spiro atoms. The molecule has 1 aliphatic rings. The van der Waals surface area contributed by atoms with E-state index in [1.54, 1.807) is 0 Å². The lowest BCUT2D eigenvalue weighted by molar-refractivity contribution is 0.102. The Hall–Kier alpha value is -2.89. The van der Waals surface area contributed by atoms with E-state index in [1.807, 2.05) is 31.2 Å². The van der Waals surface area contributed by atoms with Crippen molar-refractivity contribution in [3.63, 3.8) is 0 Å². The quantitative estimate of drug-likeness (QED) is 0.746. The molecule has 0 saturated carbocycles. The number of carbonyl (C=O) groups excluding carboxylic acids is 1. The summed E-state index contributed by atoms with van der Waals surface area (Å²) in [6.45, 7) is 5.76. The van der Waals surface area contributed by atoms with Crippen molar-refractivity contribution in [1.82, 2.24) is 9.97 Å². The highest BCUT2D eigenvalue weighted by Gasteiger charge is 2.26. The van der Waals surface area contributed by atoms with Gasteiger partial charge < -0.3 is 14.6 Å². The molecule has 3 aromatic rings. The highest BCUT2D eigenvalue weighted by molar-refractivity contribution is 6.15. The summed E-state index contributed by atoms with van der Waals surface area (Å²) < 4.78 is 5.81. The van der Waals surface area contributed by atoms with E-state index in [4.69, 9.17) is 4.42 Å². The van der Waals surface area contributed by atoms with Crippen molar-refractivity contribution >= 4 is 28.5 Å². The third kappa shape index (κ3) is 3.27. The fraction of sp³-hybridized carbons (Fsp3) is 0.381. The molecule has 1 aliphatic heterocycles. The molecule has 1 aromatic carbocycles. The van der Waals surface area contributed by atoms with Crippen LogP contribution in [-0.4, -0.2) is 29.0 Å². The lowest BCUT2D eigenvalue weighted by Gasteiger charge is -2.28. The molecule has 1 N–H and O–H groups in total. The second-order valence-electron chi connectivity index (χ2n) is 6.92. The Morgan fingerprint density at radius 3 is 2.74 bits per heavy atom. The summed E-state index contributed by atoms with van der Waals surface area (Å²) >= 11 is 0. The van der Waals surface area contributed by atoms with Crippen molar-refractivity contribution in [3.05, 3.63) is 47.5 Å². The number of para-hydroxylation sites is 1. The van der Waals surface area contributed by atoms with E-state index < -0.39 is 0 Å². The van der Waals surface area contributed by atoms with Gasteiger partial charge in [-0.3, -0.25) is 4.79 Å². The van der Waals surface area contributed by atoms with Crippen LogP contribution in [0.1, 0.15) is 47.9 Å². The van der Waals surface area contributed by atoms with Crippen molar-refractivity contribution in [2.45, 2.75) is 39.5 Å². The fourth-order valence-electron chi connectivity index (χ4n) is 3.78. The van der Waals surface area contributed by atoms with Crippen LogP contribution >= 0.6 is 0 Å². The number of aryl methyl sites for hydroxylation is 2. The number of aromatic nitrogens is 2. The second kappa shape index (κ2) is 7.39. The van der Waals surface area contributed by atoms with Crippen LogP contribution in [0.2, 0.25) is 0 Å². The van der Waals surface area contributed by atoms with Gasteiger partial charge in [-0.2, -0.15) is 0 Å². The van der Waals surface area contributed by atoms with Gasteiger partial charge in [0.05, 0.1) is 10.9 Å². The molecule has 0 bridgehead atoms. The molecule has 0 unspecified atom stereocenters. The normalized spacial score (nSPS) is 14.5. The number of rotatable bonds is 4. The van der Waals surface area contributed by atoms with Gasteiger partial charge in [-0.05, 0) is 44.2 Å². The molecule has 3 heterocycles. The lowest BCUT2D eigenvalue weighted by Crippen LogP contribution is -2.30. The van der Waals surface area contributed by atoms with Gasteiger partial charge in [0.15, 0.2) is 0 Å². The molecule has 2 aromatic heterocycles. The standard InChI is InChI=1S/C21H24N4O2/c1-3-15-9-5-6-10-16(15)24-20(26)17-14(2)27-21-18(17)19(22-13-23-21)25-11-7-4-8-12-25/h5-6,9-10,13H,3-4,7-8,11-12H2,1-2H3,(H,24,26). The van der Waals surface area contributed by atoms with Gasteiger partial charge in [0, 0.05) is 18.8 Å². The number of anilines is 2. The molecule has 1 saturated heterocycles. The van der Waals surface area contributed by atoms with E-state index in [9.17, 15) is 4.79 Å². The van der Waals surface area contributed by atoms with E-state index in [0.717, 1.165) is 49.4 Å². The summed E-state index contributed by atoms with van der Waals surface area (Å²) in [7, 11) is 0. The zero-order chi connectivity index (χ0) is 18.8. The molecule has 0 radical (unpaired) electrons. The van der Waals surface area contributed by atoms with E-state index in [1.165, 1.54) is 12.7 Å². The number of nitrogens with one attached hydrogen (secondary N) is 1. The van der Waals surface area contributed by atoms with Crippen molar-refractivity contribution < 1.29 is 9.21 Å². The maximum atomic E-state index is 13.2. The Morgan fingerprint density at radius 1 is 1.19 bits per heavy atom. The first-order chi connectivity index (χ1) is 13.2. The summed E-state index contributed by atoms with van der Waals surface area (Å²) in [5.74, 6) is 1.18. The van der Waals surface area contributed by atoms with Crippen LogP contribution in [0.5, 0.6) is 0 Å². The molecule has 0 atom stereocenters. The zero-order valence-electron chi connectivity index (χ0n) is 15.8. The minimum absolute atomic E-state index is 0.180. The second-order valence-corrected chi connectivity index (χ2v) is 6.92.